The number of carbonyl (C=O) groups is 1. The zero-order valence-electron chi connectivity index (χ0n) is 11.6. The third-order valence-corrected chi connectivity index (χ3v) is 4.32. The van der Waals surface area contributed by atoms with E-state index in [4.69, 9.17) is 0 Å². The van der Waals surface area contributed by atoms with E-state index in [2.05, 4.69) is 37.4 Å². The molecule has 4 heteroatoms. The van der Waals surface area contributed by atoms with Crippen LogP contribution < -0.4 is 10.2 Å². The maximum Gasteiger partial charge on any atom is 0.324 e. The molecule has 19 heavy (non-hydrogen) atoms. The van der Waals surface area contributed by atoms with Gasteiger partial charge in [-0.05, 0) is 50.1 Å². The molecule has 2 aliphatic rings. The van der Waals surface area contributed by atoms with Gasteiger partial charge < -0.3 is 10.2 Å². The molecule has 102 valence electrons. The van der Waals surface area contributed by atoms with Gasteiger partial charge in [-0.25, -0.2) is 4.79 Å². The molecule has 0 radical (unpaired) electrons. The summed E-state index contributed by atoms with van der Waals surface area (Å²) in [7, 11) is 0. The van der Waals surface area contributed by atoms with E-state index in [0.717, 1.165) is 38.3 Å². The van der Waals surface area contributed by atoms with Gasteiger partial charge in [0.15, 0.2) is 0 Å². The number of hydrogen-bond donors (Lipinski definition) is 1. The van der Waals surface area contributed by atoms with Crippen molar-refractivity contribution in [3.8, 4) is 0 Å². The van der Waals surface area contributed by atoms with Gasteiger partial charge in [0.2, 0.25) is 0 Å². The van der Waals surface area contributed by atoms with E-state index in [0.29, 0.717) is 6.04 Å². The number of rotatable bonds is 2. The van der Waals surface area contributed by atoms with E-state index in [9.17, 15) is 4.79 Å². The first-order valence-corrected chi connectivity index (χ1v) is 7.03. The lowest BCUT2D eigenvalue weighted by Crippen LogP contribution is -2.40. The largest absolute Gasteiger partial charge is 0.324 e. The molecule has 2 amide bonds. The maximum atomic E-state index is 12.5. The lowest BCUT2D eigenvalue weighted by Gasteiger charge is -2.24. The summed E-state index contributed by atoms with van der Waals surface area (Å²) in [5, 5.41) is 3.33. The average molecular weight is 259 g/mol. The Morgan fingerprint density at radius 3 is 2.74 bits per heavy atom. The molecule has 1 aromatic rings. The number of benzene rings is 1. The molecule has 0 bridgehead atoms. The summed E-state index contributed by atoms with van der Waals surface area (Å²) in [6, 6.07) is 6.80. The zero-order valence-corrected chi connectivity index (χ0v) is 11.6. The number of aryl methyl sites for hydroxylation is 2. The van der Waals surface area contributed by atoms with Gasteiger partial charge in [0, 0.05) is 31.4 Å². The van der Waals surface area contributed by atoms with E-state index in [1.54, 1.807) is 0 Å². The smallest absolute Gasteiger partial charge is 0.318 e. The highest BCUT2D eigenvalue weighted by Gasteiger charge is 2.35. The molecule has 1 aromatic carbocycles. The molecule has 0 spiro atoms. The highest BCUT2D eigenvalue weighted by atomic mass is 16.2. The predicted molar refractivity (Wildman–Crippen MR) is 76.6 cm³/mol. The highest BCUT2D eigenvalue weighted by molar-refractivity contribution is 5.94. The molecule has 2 fully saturated rings. The van der Waals surface area contributed by atoms with Gasteiger partial charge >= 0.3 is 6.03 Å². The lowest BCUT2D eigenvalue weighted by molar-refractivity contribution is 0.205. The van der Waals surface area contributed by atoms with Crippen LogP contribution in [-0.2, 0) is 0 Å². The van der Waals surface area contributed by atoms with E-state index in [1.165, 1.54) is 11.1 Å². The first-order valence-electron chi connectivity index (χ1n) is 7.03. The molecule has 1 N–H and O–H groups in total. The molecule has 0 aromatic heterocycles. The summed E-state index contributed by atoms with van der Waals surface area (Å²) in [6.07, 6.45) is 1.08. The second kappa shape index (κ2) is 4.85. The van der Waals surface area contributed by atoms with Crippen LogP contribution in [0.25, 0.3) is 0 Å². The van der Waals surface area contributed by atoms with E-state index in [1.807, 2.05) is 9.80 Å². The van der Waals surface area contributed by atoms with Crippen LogP contribution >= 0.6 is 0 Å². The Morgan fingerprint density at radius 1 is 1.21 bits per heavy atom. The highest BCUT2D eigenvalue weighted by Crippen LogP contribution is 2.25. The van der Waals surface area contributed by atoms with Crippen molar-refractivity contribution in [2.24, 2.45) is 0 Å². The Morgan fingerprint density at radius 2 is 2.05 bits per heavy atom. The fourth-order valence-electron chi connectivity index (χ4n) is 2.93. The van der Waals surface area contributed by atoms with Crippen LogP contribution in [0.1, 0.15) is 17.5 Å². The number of nitrogens with one attached hydrogen (secondary N) is 1. The third kappa shape index (κ3) is 2.21. The van der Waals surface area contributed by atoms with Crippen LogP contribution in [0.15, 0.2) is 18.2 Å². The Labute approximate surface area is 114 Å². The molecule has 1 atom stereocenters. The summed E-state index contributed by atoms with van der Waals surface area (Å²) in [4.78, 5) is 16.4. The Kier molecular flexibility index (Phi) is 3.19. The van der Waals surface area contributed by atoms with Gasteiger partial charge in [0.25, 0.3) is 0 Å². The van der Waals surface area contributed by atoms with Gasteiger partial charge in [-0.15, -0.1) is 0 Å². The molecule has 0 aliphatic carbocycles. The molecule has 2 aliphatic heterocycles. The minimum atomic E-state index is 0.164. The van der Waals surface area contributed by atoms with Crippen LogP contribution in [0.4, 0.5) is 10.5 Å². The van der Waals surface area contributed by atoms with Crippen molar-refractivity contribution in [3.05, 3.63) is 29.3 Å². The monoisotopic (exact) mass is 259 g/mol. The summed E-state index contributed by atoms with van der Waals surface area (Å²) in [5.41, 5.74) is 3.54. The molecular formula is C15H21N3O. The molecule has 3 rings (SSSR count). The molecular weight excluding hydrogens is 238 g/mol. The number of anilines is 1. The van der Waals surface area contributed by atoms with Crippen molar-refractivity contribution in [2.45, 2.75) is 26.3 Å². The fourth-order valence-corrected chi connectivity index (χ4v) is 2.93. The summed E-state index contributed by atoms with van der Waals surface area (Å²) >= 11 is 0. The minimum Gasteiger partial charge on any atom is -0.318 e. The number of amides is 2. The van der Waals surface area contributed by atoms with Gasteiger partial charge in [0.1, 0.15) is 0 Å². The summed E-state index contributed by atoms with van der Waals surface area (Å²) in [5.74, 6) is 0. The topological polar surface area (TPSA) is 35.6 Å². The second-order valence-corrected chi connectivity index (χ2v) is 5.54. The van der Waals surface area contributed by atoms with Crippen LogP contribution in [0.5, 0.6) is 0 Å². The first-order chi connectivity index (χ1) is 9.16. The average Bonchev–Trinajstić information content (AvgIpc) is 3.02. The van der Waals surface area contributed by atoms with Crippen LogP contribution in [-0.4, -0.2) is 43.2 Å². The molecule has 2 saturated heterocycles. The van der Waals surface area contributed by atoms with E-state index >= 15 is 0 Å². The quantitative estimate of drug-likeness (QED) is 0.880. The molecule has 2 heterocycles. The van der Waals surface area contributed by atoms with Gasteiger partial charge in [0.05, 0.1) is 0 Å². The van der Waals surface area contributed by atoms with Crippen molar-refractivity contribution < 1.29 is 4.79 Å². The summed E-state index contributed by atoms with van der Waals surface area (Å²) < 4.78 is 0. The molecule has 0 saturated carbocycles. The third-order valence-electron chi connectivity index (χ3n) is 4.32. The van der Waals surface area contributed by atoms with E-state index < -0.39 is 0 Å². The maximum absolute atomic E-state index is 12.5. The predicted octanol–water partition coefficient (Wildman–Crippen LogP) is 1.91. The van der Waals surface area contributed by atoms with Crippen LogP contribution in [0.3, 0.4) is 0 Å². The summed E-state index contributed by atoms with van der Waals surface area (Å²) in [6.45, 7) is 7.81. The second-order valence-electron chi connectivity index (χ2n) is 5.54. The van der Waals surface area contributed by atoms with E-state index in [-0.39, 0.29) is 6.03 Å². The van der Waals surface area contributed by atoms with Crippen LogP contribution in [0.2, 0.25) is 0 Å². The van der Waals surface area contributed by atoms with Gasteiger partial charge in [-0.1, -0.05) is 6.07 Å². The normalized spacial score (nSPS) is 23.5. The van der Waals surface area contributed by atoms with Crippen molar-refractivity contribution in [2.75, 3.05) is 31.1 Å². The van der Waals surface area contributed by atoms with Crippen molar-refractivity contribution in [1.82, 2.24) is 10.2 Å². The molecule has 1 unspecified atom stereocenters. The first kappa shape index (κ1) is 12.5. The fraction of sp³-hybridized carbons (Fsp3) is 0.533. The zero-order chi connectivity index (χ0) is 13.4. The number of nitrogens with zero attached hydrogens (tertiary/aromatic N) is 2. The number of urea groups is 1. The Hall–Kier alpha value is -1.55. The number of hydrogen-bond acceptors (Lipinski definition) is 2. The minimum absolute atomic E-state index is 0.164. The van der Waals surface area contributed by atoms with Gasteiger partial charge in [-0.2, -0.15) is 0 Å². The van der Waals surface area contributed by atoms with Crippen molar-refractivity contribution in [3.63, 3.8) is 0 Å². The Bertz CT molecular complexity index is 494. The van der Waals surface area contributed by atoms with Crippen molar-refractivity contribution >= 4 is 11.7 Å². The SMILES string of the molecule is Cc1ccc(N2CCN(C3CCNC3)C2=O)cc1C. The van der Waals surface area contributed by atoms with Crippen molar-refractivity contribution in [1.29, 1.82) is 0 Å². The van der Waals surface area contributed by atoms with Crippen LogP contribution in [0, 0.1) is 13.8 Å². The lowest BCUT2D eigenvalue weighted by atomic mass is 10.1. The van der Waals surface area contributed by atoms with Gasteiger partial charge in [-0.3, -0.25) is 4.90 Å². The molecule has 4 nitrogen and oxygen atoms in total. The number of carbonyl (C=O) groups excluding carboxylic acids is 1. The Balaban J connectivity index is 1.79. The standard InChI is InChI=1S/C15H21N3O/c1-11-3-4-13(9-12(11)2)17-7-8-18(15(17)19)14-5-6-16-10-14/h3-4,9,14,16H,5-8,10H2,1-2H3.